The van der Waals surface area contributed by atoms with Gasteiger partial charge in [-0.15, -0.1) is 0 Å². The van der Waals surface area contributed by atoms with Crippen molar-refractivity contribution >= 4 is 15.9 Å². The van der Waals surface area contributed by atoms with Gasteiger partial charge in [-0.25, -0.2) is 4.39 Å². The zero-order valence-corrected chi connectivity index (χ0v) is 13.2. The lowest BCUT2D eigenvalue weighted by molar-refractivity contribution is 0.0322. The molecular weight excluding hydrogens is 325 g/mol. The van der Waals surface area contributed by atoms with Gasteiger partial charge in [0, 0.05) is 22.6 Å². The standard InChI is InChI=1S/C15H21BrFNO2/c1-15(20,11-7-6-10(16)8-12(11)17)9-18-13-4-2-3-5-14(13)19/h6-8,13-14,18-20H,2-5,9H2,1H3/t13-,14-,15?/m1/s1. The van der Waals surface area contributed by atoms with Crippen LogP contribution in [0.5, 0.6) is 0 Å². The number of aliphatic hydroxyl groups is 2. The lowest BCUT2D eigenvalue weighted by atomic mass is 9.90. The zero-order valence-electron chi connectivity index (χ0n) is 11.6. The van der Waals surface area contributed by atoms with Gasteiger partial charge in [0.25, 0.3) is 0 Å². The largest absolute Gasteiger partial charge is 0.392 e. The van der Waals surface area contributed by atoms with E-state index < -0.39 is 11.4 Å². The van der Waals surface area contributed by atoms with Gasteiger partial charge in [-0.3, -0.25) is 0 Å². The summed E-state index contributed by atoms with van der Waals surface area (Å²) in [6.07, 6.45) is 3.40. The summed E-state index contributed by atoms with van der Waals surface area (Å²) in [6.45, 7) is 1.80. The number of aliphatic hydroxyl groups excluding tert-OH is 1. The lowest BCUT2D eigenvalue weighted by Gasteiger charge is -2.32. The van der Waals surface area contributed by atoms with Crippen LogP contribution in [0.4, 0.5) is 4.39 Å². The molecule has 1 aliphatic carbocycles. The van der Waals surface area contributed by atoms with E-state index in [1.54, 1.807) is 19.1 Å². The van der Waals surface area contributed by atoms with Gasteiger partial charge in [0.15, 0.2) is 0 Å². The molecule has 1 aromatic carbocycles. The first-order valence-electron chi connectivity index (χ1n) is 6.99. The summed E-state index contributed by atoms with van der Waals surface area (Å²) >= 11 is 3.20. The van der Waals surface area contributed by atoms with Gasteiger partial charge < -0.3 is 15.5 Å². The third-order valence-electron chi connectivity index (χ3n) is 3.95. The number of rotatable bonds is 4. The van der Waals surface area contributed by atoms with Crippen molar-refractivity contribution in [2.45, 2.75) is 50.4 Å². The highest BCUT2D eigenvalue weighted by Crippen LogP contribution is 2.26. The first-order chi connectivity index (χ1) is 9.40. The van der Waals surface area contributed by atoms with E-state index in [1.807, 2.05) is 0 Å². The Balaban J connectivity index is 2.02. The Morgan fingerprint density at radius 2 is 2.10 bits per heavy atom. The van der Waals surface area contributed by atoms with Crippen LogP contribution < -0.4 is 5.32 Å². The molecule has 3 atom stereocenters. The Morgan fingerprint density at radius 1 is 1.40 bits per heavy atom. The molecule has 1 aromatic rings. The molecule has 0 bridgehead atoms. The molecule has 0 spiro atoms. The molecule has 112 valence electrons. The smallest absolute Gasteiger partial charge is 0.130 e. The Hall–Kier alpha value is -0.490. The second kappa shape index (κ2) is 6.52. The Kier molecular flexibility index (Phi) is 5.18. The van der Waals surface area contributed by atoms with Crippen LogP contribution in [0.25, 0.3) is 0 Å². The summed E-state index contributed by atoms with van der Waals surface area (Å²) in [6, 6.07) is 4.62. The minimum atomic E-state index is -1.30. The lowest BCUT2D eigenvalue weighted by Crippen LogP contribution is -2.47. The number of benzene rings is 1. The maximum absolute atomic E-state index is 13.9. The first kappa shape index (κ1) is 15.9. The highest BCUT2D eigenvalue weighted by Gasteiger charge is 2.30. The molecule has 3 nitrogen and oxygen atoms in total. The van der Waals surface area contributed by atoms with E-state index >= 15 is 0 Å². The second-order valence-corrected chi connectivity index (χ2v) is 6.65. The summed E-state index contributed by atoms with van der Waals surface area (Å²) in [5, 5.41) is 23.6. The fourth-order valence-electron chi connectivity index (χ4n) is 2.70. The molecule has 0 aliphatic heterocycles. The normalized spacial score (nSPS) is 26.2. The van der Waals surface area contributed by atoms with E-state index in [9.17, 15) is 14.6 Å². The summed E-state index contributed by atoms with van der Waals surface area (Å²) in [5.41, 5.74) is -1.04. The van der Waals surface area contributed by atoms with Crippen molar-refractivity contribution in [3.63, 3.8) is 0 Å². The predicted octanol–water partition coefficient (Wildman–Crippen LogP) is 2.69. The van der Waals surface area contributed by atoms with Crippen LogP contribution in [0.1, 0.15) is 38.2 Å². The van der Waals surface area contributed by atoms with Crippen molar-refractivity contribution in [3.05, 3.63) is 34.1 Å². The van der Waals surface area contributed by atoms with Crippen molar-refractivity contribution in [1.82, 2.24) is 5.32 Å². The Bertz CT molecular complexity index is 467. The molecule has 1 aliphatic rings. The Morgan fingerprint density at radius 3 is 2.75 bits per heavy atom. The van der Waals surface area contributed by atoms with E-state index in [4.69, 9.17) is 0 Å². The topological polar surface area (TPSA) is 52.5 Å². The van der Waals surface area contributed by atoms with Gasteiger partial charge in [0.2, 0.25) is 0 Å². The van der Waals surface area contributed by atoms with Crippen LogP contribution in [0.3, 0.4) is 0 Å². The van der Waals surface area contributed by atoms with Crippen LogP contribution in [0.2, 0.25) is 0 Å². The molecule has 5 heteroatoms. The molecule has 1 unspecified atom stereocenters. The third kappa shape index (κ3) is 3.79. The zero-order chi connectivity index (χ0) is 14.8. The molecule has 20 heavy (non-hydrogen) atoms. The maximum atomic E-state index is 13.9. The first-order valence-corrected chi connectivity index (χ1v) is 7.79. The minimum Gasteiger partial charge on any atom is -0.392 e. The third-order valence-corrected chi connectivity index (χ3v) is 4.44. The summed E-state index contributed by atoms with van der Waals surface area (Å²) in [7, 11) is 0. The maximum Gasteiger partial charge on any atom is 0.130 e. The summed E-state index contributed by atoms with van der Waals surface area (Å²) in [5.74, 6) is -0.435. The predicted molar refractivity (Wildman–Crippen MR) is 79.9 cm³/mol. The Labute approximate surface area is 127 Å². The fourth-order valence-corrected chi connectivity index (χ4v) is 3.03. The molecule has 0 heterocycles. The van der Waals surface area contributed by atoms with Gasteiger partial charge in [0.1, 0.15) is 11.4 Å². The van der Waals surface area contributed by atoms with Gasteiger partial charge in [0.05, 0.1) is 6.10 Å². The quantitative estimate of drug-likeness (QED) is 0.786. The van der Waals surface area contributed by atoms with Crippen molar-refractivity contribution in [2.75, 3.05) is 6.54 Å². The van der Waals surface area contributed by atoms with Crippen molar-refractivity contribution in [1.29, 1.82) is 0 Å². The van der Waals surface area contributed by atoms with Crippen LogP contribution in [0, 0.1) is 5.82 Å². The summed E-state index contributed by atoms with van der Waals surface area (Å²) in [4.78, 5) is 0. The van der Waals surface area contributed by atoms with Crippen LogP contribution in [0.15, 0.2) is 22.7 Å². The molecule has 3 N–H and O–H groups in total. The number of halogens is 2. The van der Waals surface area contributed by atoms with E-state index in [1.165, 1.54) is 6.07 Å². The van der Waals surface area contributed by atoms with Crippen molar-refractivity contribution in [2.24, 2.45) is 0 Å². The molecule has 2 rings (SSSR count). The molecule has 0 radical (unpaired) electrons. The number of hydrogen-bond donors (Lipinski definition) is 3. The van der Waals surface area contributed by atoms with Crippen molar-refractivity contribution < 1.29 is 14.6 Å². The fraction of sp³-hybridized carbons (Fsp3) is 0.600. The summed E-state index contributed by atoms with van der Waals surface area (Å²) < 4.78 is 14.6. The van der Waals surface area contributed by atoms with E-state index in [0.717, 1.165) is 25.7 Å². The highest BCUT2D eigenvalue weighted by atomic mass is 79.9. The average molecular weight is 346 g/mol. The molecular formula is C15H21BrFNO2. The van der Waals surface area contributed by atoms with Gasteiger partial charge >= 0.3 is 0 Å². The highest BCUT2D eigenvalue weighted by molar-refractivity contribution is 9.10. The van der Waals surface area contributed by atoms with Crippen LogP contribution in [-0.2, 0) is 5.60 Å². The van der Waals surface area contributed by atoms with E-state index in [-0.39, 0.29) is 24.3 Å². The molecule has 0 aromatic heterocycles. The van der Waals surface area contributed by atoms with E-state index in [2.05, 4.69) is 21.2 Å². The minimum absolute atomic E-state index is 0.0197. The number of nitrogens with one attached hydrogen (secondary N) is 1. The average Bonchev–Trinajstić information content (AvgIpc) is 2.37. The van der Waals surface area contributed by atoms with Gasteiger partial charge in [-0.05, 0) is 31.9 Å². The number of hydrogen-bond acceptors (Lipinski definition) is 3. The SMILES string of the molecule is CC(O)(CN[C@@H]1CCCC[C@H]1O)c1ccc(Br)cc1F. The van der Waals surface area contributed by atoms with Gasteiger partial charge in [-0.2, -0.15) is 0 Å². The molecule has 0 amide bonds. The van der Waals surface area contributed by atoms with Crippen LogP contribution in [-0.4, -0.2) is 28.9 Å². The van der Waals surface area contributed by atoms with Crippen molar-refractivity contribution in [3.8, 4) is 0 Å². The van der Waals surface area contributed by atoms with E-state index in [0.29, 0.717) is 4.47 Å². The van der Waals surface area contributed by atoms with Gasteiger partial charge in [-0.1, -0.05) is 34.8 Å². The molecule has 0 saturated heterocycles. The molecule has 1 fully saturated rings. The molecule has 1 saturated carbocycles. The monoisotopic (exact) mass is 345 g/mol. The van der Waals surface area contributed by atoms with Crippen LogP contribution >= 0.6 is 15.9 Å². The second-order valence-electron chi connectivity index (χ2n) is 5.74.